The van der Waals surface area contributed by atoms with Crippen LogP contribution in [0.3, 0.4) is 0 Å². The molecule has 3 rings (SSSR count). The summed E-state index contributed by atoms with van der Waals surface area (Å²) in [6, 6.07) is 3.06. The molecule has 0 aromatic heterocycles. The van der Waals surface area contributed by atoms with E-state index in [-0.39, 0.29) is 12.0 Å². The smallest absolute Gasteiger partial charge is 0.392 e. The Balaban J connectivity index is 1.90. The normalized spacial score (nSPS) is 25.7. The second-order valence-corrected chi connectivity index (χ2v) is 5.91. The van der Waals surface area contributed by atoms with E-state index in [1.165, 1.54) is 6.07 Å². The summed E-state index contributed by atoms with van der Waals surface area (Å²) in [5, 5.41) is 4.01. The number of benzene rings is 1. The van der Waals surface area contributed by atoms with Crippen molar-refractivity contribution in [2.45, 2.75) is 50.8 Å². The molecular weight excluding hydrogens is 298 g/mol. The van der Waals surface area contributed by atoms with E-state index >= 15 is 0 Å². The topological polar surface area (TPSA) is 21.6 Å². The van der Waals surface area contributed by atoms with Gasteiger partial charge in [0.05, 0.1) is 11.3 Å². The van der Waals surface area contributed by atoms with Gasteiger partial charge in [-0.05, 0) is 31.4 Å². The van der Waals surface area contributed by atoms with E-state index in [0.717, 1.165) is 50.7 Å². The third-order valence-electron chi connectivity index (χ3n) is 4.41. The van der Waals surface area contributed by atoms with Gasteiger partial charge < -0.3 is 4.84 Å². The van der Waals surface area contributed by atoms with Crippen molar-refractivity contribution in [1.82, 2.24) is 0 Å². The number of rotatable bonds is 1. The molecule has 0 N–H and O–H groups in total. The Bertz CT molecular complexity index is 582. The lowest BCUT2D eigenvalue weighted by Crippen LogP contribution is -2.25. The summed E-state index contributed by atoms with van der Waals surface area (Å²) in [4.78, 5) is 5.43. The van der Waals surface area contributed by atoms with Crippen LogP contribution >= 0.6 is 0 Å². The lowest BCUT2D eigenvalue weighted by molar-refractivity contribution is -0.140. The SMILES string of the molecule is Fc1ccc(C2=NO[C@@H]3CCCCCC[C@H]23)cc1C(F)(F)F. The molecule has 0 unspecified atom stereocenters. The van der Waals surface area contributed by atoms with Crippen LogP contribution in [0.1, 0.15) is 49.7 Å². The standard InChI is InChI=1S/C16H17F4NO/c17-13-8-7-10(9-12(13)16(18,19)20)15-11-5-3-1-2-4-6-14(11)22-21-15/h7-9,11,14H,1-6H2/t11-,14+/m0/s1. The highest BCUT2D eigenvalue weighted by Gasteiger charge is 2.38. The van der Waals surface area contributed by atoms with Crippen molar-refractivity contribution in [2.75, 3.05) is 0 Å². The summed E-state index contributed by atoms with van der Waals surface area (Å²) in [7, 11) is 0. The third-order valence-corrected chi connectivity index (χ3v) is 4.41. The fourth-order valence-corrected chi connectivity index (χ4v) is 3.25. The Labute approximate surface area is 126 Å². The van der Waals surface area contributed by atoms with Gasteiger partial charge in [-0.2, -0.15) is 13.2 Å². The van der Waals surface area contributed by atoms with Gasteiger partial charge in [0.1, 0.15) is 11.9 Å². The summed E-state index contributed by atoms with van der Waals surface area (Å²) in [6.45, 7) is 0. The molecule has 0 spiro atoms. The van der Waals surface area contributed by atoms with E-state index in [1.54, 1.807) is 0 Å². The summed E-state index contributed by atoms with van der Waals surface area (Å²) >= 11 is 0. The van der Waals surface area contributed by atoms with Crippen LogP contribution in [0.5, 0.6) is 0 Å². The van der Waals surface area contributed by atoms with Gasteiger partial charge in [-0.15, -0.1) is 0 Å². The lowest BCUT2D eigenvalue weighted by atomic mass is 9.83. The van der Waals surface area contributed by atoms with E-state index in [1.807, 2.05) is 0 Å². The molecule has 0 radical (unpaired) electrons. The Morgan fingerprint density at radius 3 is 2.50 bits per heavy atom. The third kappa shape index (κ3) is 2.96. The van der Waals surface area contributed by atoms with Crippen molar-refractivity contribution in [3.63, 3.8) is 0 Å². The van der Waals surface area contributed by atoms with Crippen molar-refractivity contribution in [1.29, 1.82) is 0 Å². The zero-order valence-electron chi connectivity index (χ0n) is 12.0. The molecule has 1 fully saturated rings. The van der Waals surface area contributed by atoms with E-state index in [4.69, 9.17) is 4.84 Å². The van der Waals surface area contributed by atoms with Crippen LogP contribution in [0.4, 0.5) is 17.6 Å². The molecule has 0 saturated heterocycles. The molecule has 2 atom stereocenters. The monoisotopic (exact) mass is 315 g/mol. The summed E-state index contributed by atoms with van der Waals surface area (Å²) in [5.74, 6) is -1.25. The van der Waals surface area contributed by atoms with Gasteiger partial charge in [-0.25, -0.2) is 4.39 Å². The molecule has 0 bridgehead atoms. The molecule has 1 aromatic carbocycles. The molecule has 1 aromatic rings. The lowest BCUT2D eigenvalue weighted by Gasteiger charge is -2.21. The number of alkyl halides is 3. The Morgan fingerprint density at radius 2 is 1.77 bits per heavy atom. The summed E-state index contributed by atoms with van der Waals surface area (Å²) in [5.41, 5.74) is -0.416. The highest BCUT2D eigenvalue weighted by atomic mass is 19.4. The molecule has 1 saturated carbocycles. The molecule has 1 aliphatic carbocycles. The maximum absolute atomic E-state index is 13.4. The molecule has 22 heavy (non-hydrogen) atoms. The molecule has 1 aliphatic heterocycles. The van der Waals surface area contributed by atoms with Crippen LogP contribution in [0.15, 0.2) is 23.4 Å². The van der Waals surface area contributed by atoms with Gasteiger partial charge in [0, 0.05) is 11.5 Å². The van der Waals surface area contributed by atoms with Crippen molar-refractivity contribution < 1.29 is 22.4 Å². The molecular formula is C16H17F4NO. The van der Waals surface area contributed by atoms with Crippen LogP contribution < -0.4 is 0 Å². The predicted molar refractivity (Wildman–Crippen MR) is 74.0 cm³/mol. The average Bonchev–Trinajstić information content (AvgIpc) is 2.80. The van der Waals surface area contributed by atoms with Crippen LogP contribution in [0.25, 0.3) is 0 Å². The van der Waals surface area contributed by atoms with E-state index in [9.17, 15) is 17.6 Å². The Kier molecular flexibility index (Phi) is 4.10. The first kappa shape index (κ1) is 15.3. The van der Waals surface area contributed by atoms with Crippen molar-refractivity contribution in [2.24, 2.45) is 11.1 Å². The Morgan fingerprint density at radius 1 is 1.05 bits per heavy atom. The highest BCUT2D eigenvalue weighted by molar-refractivity contribution is 6.03. The first-order valence-electron chi connectivity index (χ1n) is 7.57. The number of fused-ring (bicyclic) bond motifs is 1. The van der Waals surface area contributed by atoms with Gasteiger partial charge in [0.15, 0.2) is 0 Å². The van der Waals surface area contributed by atoms with Crippen LogP contribution in [0, 0.1) is 11.7 Å². The minimum atomic E-state index is -4.71. The van der Waals surface area contributed by atoms with Crippen LogP contribution in [-0.2, 0) is 11.0 Å². The van der Waals surface area contributed by atoms with Crippen LogP contribution in [0.2, 0.25) is 0 Å². The number of hydrogen-bond acceptors (Lipinski definition) is 2. The first-order valence-corrected chi connectivity index (χ1v) is 7.57. The fourth-order valence-electron chi connectivity index (χ4n) is 3.25. The molecule has 2 aliphatic rings. The molecule has 1 heterocycles. The number of halogens is 4. The van der Waals surface area contributed by atoms with E-state index < -0.39 is 17.6 Å². The second kappa shape index (κ2) is 5.89. The largest absolute Gasteiger partial charge is 0.419 e. The zero-order valence-corrected chi connectivity index (χ0v) is 12.0. The number of nitrogens with zero attached hydrogens (tertiary/aromatic N) is 1. The number of oxime groups is 1. The first-order chi connectivity index (χ1) is 10.5. The van der Waals surface area contributed by atoms with Gasteiger partial charge in [-0.1, -0.05) is 30.5 Å². The van der Waals surface area contributed by atoms with Crippen molar-refractivity contribution in [3.05, 3.63) is 35.1 Å². The second-order valence-electron chi connectivity index (χ2n) is 5.91. The maximum atomic E-state index is 13.4. The molecule has 2 nitrogen and oxygen atoms in total. The van der Waals surface area contributed by atoms with Crippen molar-refractivity contribution >= 4 is 5.71 Å². The van der Waals surface area contributed by atoms with Gasteiger partial charge in [-0.3, -0.25) is 0 Å². The fraction of sp³-hybridized carbons (Fsp3) is 0.562. The molecule has 6 heteroatoms. The average molecular weight is 315 g/mol. The minimum Gasteiger partial charge on any atom is -0.392 e. The van der Waals surface area contributed by atoms with E-state index in [0.29, 0.717) is 11.3 Å². The Hall–Kier alpha value is -1.59. The van der Waals surface area contributed by atoms with Crippen molar-refractivity contribution in [3.8, 4) is 0 Å². The van der Waals surface area contributed by atoms with Gasteiger partial charge >= 0.3 is 6.18 Å². The number of hydrogen-bond donors (Lipinski definition) is 0. The molecule has 120 valence electrons. The summed E-state index contributed by atoms with van der Waals surface area (Å²) in [6.07, 6.45) is 1.27. The zero-order chi connectivity index (χ0) is 15.7. The van der Waals surface area contributed by atoms with Gasteiger partial charge in [0.2, 0.25) is 0 Å². The summed E-state index contributed by atoms with van der Waals surface area (Å²) < 4.78 is 52.0. The quantitative estimate of drug-likeness (QED) is 0.674. The molecule has 0 amide bonds. The highest BCUT2D eigenvalue weighted by Crippen LogP contribution is 2.36. The maximum Gasteiger partial charge on any atom is 0.419 e. The van der Waals surface area contributed by atoms with E-state index in [2.05, 4.69) is 5.16 Å². The minimum absolute atomic E-state index is 0.00634. The predicted octanol–water partition coefficient (Wildman–Crippen LogP) is 4.92. The van der Waals surface area contributed by atoms with Gasteiger partial charge in [0.25, 0.3) is 0 Å². The van der Waals surface area contributed by atoms with Crippen LogP contribution in [-0.4, -0.2) is 11.8 Å².